The van der Waals surface area contributed by atoms with Crippen LogP contribution in [0.5, 0.6) is 0 Å². The van der Waals surface area contributed by atoms with E-state index in [1.165, 1.54) is 26.8 Å². The summed E-state index contributed by atoms with van der Waals surface area (Å²) in [7, 11) is 1.58. The van der Waals surface area contributed by atoms with E-state index in [9.17, 15) is 23.2 Å². The average molecular weight is 413 g/mol. The predicted octanol–water partition coefficient (Wildman–Crippen LogP) is 1.70. The van der Waals surface area contributed by atoms with Crippen LogP contribution >= 0.6 is 0 Å². The number of amides is 3. The topological polar surface area (TPSA) is 60.9 Å². The number of likely N-dealkylation sites (N-methyl/N-ethyl adjacent to an activating group) is 1. The lowest BCUT2D eigenvalue weighted by Crippen LogP contribution is -2.70. The van der Waals surface area contributed by atoms with Gasteiger partial charge in [-0.05, 0) is 17.7 Å². The lowest BCUT2D eigenvalue weighted by atomic mass is 9.96. The minimum Gasteiger partial charge on any atom is -0.334 e. The van der Waals surface area contributed by atoms with Crippen molar-refractivity contribution in [2.75, 3.05) is 26.7 Å². The van der Waals surface area contributed by atoms with Gasteiger partial charge in [-0.15, -0.1) is 0 Å². The van der Waals surface area contributed by atoms with Crippen molar-refractivity contribution in [3.05, 3.63) is 71.3 Å². The molecule has 0 aromatic heterocycles. The van der Waals surface area contributed by atoms with Crippen molar-refractivity contribution in [3.8, 4) is 0 Å². The summed E-state index contributed by atoms with van der Waals surface area (Å²) < 4.78 is 27.5. The Morgan fingerprint density at radius 1 is 1.00 bits per heavy atom. The minimum atomic E-state index is -1.21. The van der Waals surface area contributed by atoms with Crippen molar-refractivity contribution < 1.29 is 23.2 Å². The van der Waals surface area contributed by atoms with Crippen LogP contribution in [0, 0.1) is 11.6 Å². The van der Waals surface area contributed by atoms with Gasteiger partial charge in [0.25, 0.3) is 5.91 Å². The number of hydrogen-bond acceptors (Lipinski definition) is 3. The highest BCUT2D eigenvalue weighted by atomic mass is 19.2. The van der Waals surface area contributed by atoms with E-state index >= 15 is 0 Å². The molecule has 8 heteroatoms. The summed E-state index contributed by atoms with van der Waals surface area (Å²) in [4.78, 5) is 43.0. The second-order valence-corrected chi connectivity index (χ2v) is 7.55. The molecular weight excluding hydrogens is 392 g/mol. The van der Waals surface area contributed by atoms with E-state index in [4.69, 9.17) is 0 Å². The molecule has 2 aromatic carbocycles. The summed E-state index contributed by atoms with van der Waals surface area (Å²) in [5, 5.41) is 0. The molecule has 30 heavy (non-hydrogen) atoms. The van der Waals surface area contributed by atoms with Crippen molar-refractivity contribution >= 4 is 17.7 Å². The maximum Gasteiger partial charge on any atom is 0.257 e. The Morgan fingerprint density at radius 2 is 1.73 bits per heavy atom. The van der Waals surface area contributed by atoms with Crippen molar-refractivity contribution in [1.29, 1.82) is 0 Å². The molecule has 0 aliphatic carbocycles. The molecular formula is C22H21F2N3O3. The number of fused-ring (bicyclic) bond motifs is 1. The maximum atomic E-state index is 14.0. The van der Waals surface area contributed by atoms with Crippen molar-refractivity contribution in [2.24, 2.45) is 0 Å². The molecule has 2 aliphatic rings. The molecule has 2 saturated heterocycles. The first-order chi connectivity index (χ1) is 14.4. The Kier molecular flexibility index (Phi) is 5.24. The first kappa shape index (κ1) is 20.0. The van der Waals surface area contributed by atoms with Gasteiger partial charge in [-0.1, -0.05) is 36.4 Å². The van der Waals surface area contributed by atoms with Crippen LogP contribution in [-0.4, -0.2) is 71.2 Å². The summed E-state index contributed by atoms with van der Waals surface area (Å²) in [6.07, 6.45) is 0.405. The van der Waals surface area contributed by atoms with Crippen LogP contribution in [0.1, 0.15) is 15.9 Å². The van der Waals surface area contributed by atoms with Crippen LogP contribution < -0.4 is 0 Å². The fourth-order valence-corrected chi connectivity index (χ4v) is 4.09. The number of piperazine rings is 2. The van der Waals surface area contributed by atoms with Crippen LogP contribution in [0.15, 0.2) is 48.5 Å². The standard InChI is InChI=1S/C22H21F2N3O3/c1-25-17(12-14-6-3-2-4-7-14)22(30)27-11-10-26(13-18(27)21(25)29)20(28)15-8-5-9-16(23)19(15)24/h2-9,17-18H,10-13H2,1H3/t17-,18+/m0/s1. The van der Waals surface area contributed by atoms with Crippen molar-refractivity contribution in [3.63, 3.8) is 0 Å². The lowest BCUT2D eigenvalue weighted by molar-refractivity contribution is -0.163. The molecule has 0 radical (unpaired) electrons. The molecule has 6 nitrogen and oxygen atoms in total. The van der Waals surface area contributed by atoms with Crippen molar-refractivity contribution in [2.45, 2.75) is 18.5 Å². The quantitative estimate of drug-likeness (QED) is 0.770. The monoisotopic (exact) mass is 413 g/mol. The van der Waals surface area contributed by atoms with Gasteiger partial charge >= 0.3 is 0 Å². The molecule has 0 saturated carbocycles. The summed E-state index contributed by atoms with van der Waals surface area (Å²) in [5.74, 6) is -3.45. The fraction of sp³-hybridized carbons (Fsp3) is 0.318. The Balaban J connectivity index is 1.52. The summed E-state index contributed by atoms with van der Waals surface area (Å²) in [6, 6.07) is 11.4. The normalized spacial score (nSPS) is 21.6. The number of benzene rings is 2. The van der Waals surface area contributed by atoms with Gasteiger partial charge in [-0.2, -0.15) is 0 Å². The predicted molar refractivity (Wildman–Crippen MR) is 104 cm³/mol. The lowest BCUT2D eigenvalue weighted by Gasteiger charge is -2.48. The van der Waals surface area contributed by atoms with Gasteiger partial charge in [0.1, 0.15) is 12.1 Å². The number of nitrogens with zero attached hydrogens (tertiary/aromatic N) is 3. The molecule has 156 valence electrons. The van der Waals surface area contributed by atoms with Crippen LogP contribution in [0.25, 0.3) is 0 Å². The zero-order valence-corrected chi connectivity index (χ0v) is 16.4. The van der Waals surface area contributed by atoms with E-state index in [2.05, 4.69) is 0 Å². The van der Waals surface area contributed by atoms with Gasteiger partial charge in [0.05, 0.1) is 12.1 Å². The Hall–Kier alpha value is -3.29. The molecule has 4 rings (SSSR count). The first-order valence-corrected chi connectivity index (χ1v) is 9.73. The highest BCUT2D eigenvalue weighted by molar-refractivity contribution is 5.99. The minimum absolute atomic E-state index is 0.0538. The Labute approximate surface area is 172 Å². The molecule has 0 spiro atoms. The van der Waals surface area contributed by atoms with Gasteiger partial charge in [0.15, 0.2) is 11.6 Å². The van der Waals surface area contributed by atoms with Gasteiger partial charge in [-0.3, -0.25) is 14.4 Å². The molecule has 2 fully saturated rings. The van der Waals surface area contributed by atoms with Gasteiger partial charge in [-0.25, -0.2) is 8.78 Å². The molecule has 2 heterocycles. The smallest absolute Gasteiger partial charge is 0.257 e. The number of carbonyl (C=O) groups is 3. The van der Waals surface area contributed by atoms with Gasteiger partial charge < -0.3 is 14.7 Å². The van der Waals surface area contributed by atoms with Crippen LogP contribution in [0.2, 0.25) is 0 Å². The second-order valence-electron chi connectivity index (χ2n) is 7.55. The molecule has 0 N–H and O–H groups in total. The third-order valence-corrected chi connectivity index (χ3v) is 5.79. The highest BCUT2D eigenvalue weighted by Gasteiger charge is 2.47. The molecule has 2 aromatic rings. The number of halogens is 2. The van der Waals surface area contributed by atoms with E-state index in [0.717, 1.165) is 11.6 Å². The summed E-state index contributed by atoms with van der Waals surface area (Å²) >= 11 is 0. The zero-order valence-electron chi connectivity index (χ0n) is 16.4. The molecule has 0 bridgehead atoms. The van der Waals surface area contributed by atoms with E-state index < -0.39 is 29.6 Å². The van der Waals surface area contributed by atoms with E-state index in [0.29, 0.717) is 6.42 Å². The zero-order chi connectivity index (χ0) is 21.4. The SMILES string of the molecule is CN1C(=O)[C@H]2CN(C(=O)c3cccc(F)c3F)CCN2C(=O)[C@@H]1Cc1ccccc1. The molecule has 2 aliphatic heterocycles. The number of hydrogen-bond donors (Lipinski definition) is 0. The van der Waals surface area contributed by atoms with Crippen LogP contribution in [0.3, 0.4) is 0 Å². The van der Waals surface area contributed by atoms with Crippen molar-refractivity contribution in [1.82, 2.24) is 14.7 Å². The molecule has 0 unspecified atom stereocenters. The number of carbonyl (C=O) groups excluding carboxylic acids is 3. The third-order valence-electron chi connectivity index (χ3n) is 5.79. The maximum absolute atomic E-state index is 14.0. The summed E-state index contributed by atoms with van der Waals surface area (Å²) in [6.45, 7) is 0.255. The second kappa shape index (κ2) is 7.85. The van der Waals surface area contributed by atoms with E-state index in [1.54, 1.807) is 7.05 Å². The largest absolute Gasteiger partial charge is 0.334 e. The van der Waals surface area contributed by atoms with E-state index in [1.807, 2.05) is 30.3 Å². The fourth-order valence-electron chi connectivity index (χ4n) is 4.09. The Morgan fingerprint density at radius 3 is 2.47 bits per heavy atom. The van der Waals surface area contributed by atoms with E-state index in [-0.39, 0.29) is 37.0 Å². The number of rotatable bonds is 3. The van der Waals surface area contributed by atoms with Crippen LogP contribution in [0.4, 0.5) is 8.78 Å². The average Bonchev–Trinajstić information content (AvgIpc) is 2.77. The Bertz CT molecular complexity index is 998. The summed E-state index contributed by atoms with van der Waals surface area (Å²) in [5.41, 5.74) is 0.567. The van der Waals surface area contributed by atoms with Crippen LogP contribution in [-0.2, 0) is 16.0 Å². The molecule has 3 amide bonds. The van der Waals surface area contributed by atoms with Gasteiger partial charge in [0.2, 0.25) is 11.8 Å². The first-order valence-electron chi connectivity index (χ1n) is 9.73. The highest BCUT2D eigenvalue weighted by Crippen LogP contribution is 2.25. The third kappa shape index (κ3) is 3.42. The van der Waals surface area contributed by atoms with Gasteiger partial charge in [0, 0.05) is 26.6 Å². The molecule has 2 atom stereocenters.